The first-order valence-electron chi connectivity index (χ1n) is 7.92. The monoisotopic (exact) mass is 305 g/mol. The number of nitrogens with zero attached hydrogens (tertiary/aromatic N) is 4. The molecule has 2 N–H and O–H groups in total. The first-order chi connectivity index (χ1) is 10.5. The molecule has 1 fully saturated rings. The highest BCUT2D eigenvalue weighted by Crippen LogP contribution is 2.40. The van der Waals surface area contributed by atoms with E-state index >= 15 is 0 Å². The SMILES string of the molecule is CCC(C)n1c(=O)n(C)c(=O)c2c1nc(C1CC1)n2CCN. The molecular weight excluding hydrogens is 282 g/mol. The summed E-state index contributed by atoms with van der Waals surface area (Å²) >= 11 is 0. The molecule has 1 aliphatic carbocycles. The summed E-state index contributed by atoms with van der Waals surface area (Å²) in [7, 11) is 1.53. The van der Waals surface area contributed by atoms with Crippen molar-refractivity contribution < 1.29 is 0 Å². The minimum atomic E-state index is -0.299. The second kappa shape index (κ2) is 5.39. The summed E-state index contributed by atoms with van der Waals surface area (Å²) < 4.78 is 4.75. The fourth-order valence-corrected chi connectivity index (χ4v) is 2.92. The molecule has 0 radical (unpaired) electrons. The number of rotatable bonds is 5. The minimum Gasteiger partial charge on any atom is -0.329 e. The molecule has 0 amide bonds. The molecule has 1 unspecified atom stereocenters. The van der Waals surface area contributed by atoms with Crippen molar-refractivity contribution in [1.29, 1.82) is 0 Å². The highest BCUT2D eigenvalue weighted by molar-refractivity contribution is 5.71. The Morgan fingerprint density at radius 1 is 1.36 bits per heavy atom. The topological polar surface area (TPSA) is 87.8 Å². The molecule has 22 heavy (non-hydrogen) atoms. The molecule has 0 bridgehead atoms. The number of fused-ring (bicyclic) bond motifs is 1. The summed E-state index contributed by atoms with van der Waals surface area (Å²) in [6.45, 7) is 4.99. The van der Waals surface area contributed by atoms with Crippen LogP contribution in [0.3, 0.4) is 0 Å². The van der Waals surface area contributed by atoms with Gasteiger partial charge in [0.1, 0.15) is 5.82 Å². The summed E-state index contributed by atoms with van der Waals surface area (Å²) in [6, 6.07) is -0.00456. The third kappa shape index (κ3) is 2.11. The van der Waals surface area contributed by atoms with E-state index in [2.05, 4.69) is 4.98 Å². The predicted octanol–water partition coefficient (Wildman–Crippen LogP) is 0.704. The van der Waals surface area contributed by atoms with Gasteiger partial charge in [-0.1, -0.05) is 6.92 Å². The number of aromatic nitrogens is 4. The van der Waals surface area contributed by atoms with Crippen molar-refractivity contribution >= 4 is 11.2 Å². The maximum atomic E-state index is 12.6. The molecule has 2 aromatic heterocycles. The molecule has 0 aromatic carbocycles. The van der Waals surface area contributed by atoms with Crippen molar-refractivity contribution in [3.63, 3.8) is 0 Å². The van der Waals surface area contributed by atoms with Gasteiger partial charge in [-0.15, -0.1) is 0 Å². The van der Waals surface area contributed by atoms with E-state index in [1.54, 1.807) is 4.57 Å². The normalized spacial score (nSPS) is 16.4. The van der Waals surface area contributed by atoms with Gasteiger partial charge in [0, 0.05) is 32.1 Å². The van der Waals surface area contributed by atoms with Gasteiger partial charge < -0.3 is 10.3 Å². The van der Waals surface area contributed by atoms with E-state index in [0.29, 0.717) is 30.2 Å². The molecule has 0 aliphatic heterocycles. The van der Waals surface area contributed by atoms with Crippen LogP contribution in [0.2, 0.25) is 0 Å². The molecule has 1 aliphatic rings. The van der Waals surface area contributed by atoms with Gasteiger partial charge in [0.25, 0.3) is 5.56 Å². The summed E-state index contributed by atoms with van der Waals surface area (Å²) in [5.74, 6) is 1.30. The highest BCUT2D eigenvalue weighted by Gasteiger charge is 2.32. The summed E-state index contributed by atoms with van der Waals surface area (Å²) in [5, 5.41) is 0. The quantitative estimate of drug-likeness (QED) is 0.881. The molecule has 120 valence electrons. The molecule has 1 atom stereocenters. The Morgan fingerprint density at radius 3 is 2.59 bits per heavy atom. The Labute approximate surface area is 128 Å². The maximum absolute atomic E-state index is 12.6. The maximum Gasteiger partial charge on any atom is 0.332 e. The van der Waals surface area contributed by atoms with Crippen LogP contribution in [0.1, 0.15) is 50.9 Å². The zero-order chi connectivity index (χ0) is 16.0. The Hall–Kier alpha value is -1.89. The summed E-state index contributed by atoms with van der Waals surface area (Å²) in [4.78, 5) is 29.8. The fourth-order valence-electron chi connectivity index (χ4n) is 2.92. The zero-order valence-corrected chi connectivity index (χ0v) is 13.4. The number of imidazole rings is 1. The van der Waals surface area contributed by atoms with Crippen molar-refractivity contribution in [2.75, 3.05) is 6.54 Å². The van der Waals surface area contributed by atoms with Crippen molar-refractivity contribution in [1.82, 2.24) is 18.7 Å². The van der Waals surface area contributed by atoms with Crippen LogP contribution in [-0.4, -0.2) is 25.2 Å². The van der Waals surface area contributed by atoms with Crippen molar-refractivity contribution in [3.05, 3.63) is 26.7 Å². The highest BCUT2D eigenvalue weighted by atomic mass is 16.2. The smallest absolute Gasteiger partial charge is 0.329 e. The first kappa shape index (κ1) is 15.0. The first-order valence-corrected chi connectivity index (χ1v) is 7.92. The summed E-state index contributed by atoms with van der Waals surface area (Å²) in [6.07, 6.45) is 2.97. The fraction of sp³-hybridized carbons (Fsp3) is 0.667. The number of hydrogen-bond donors (Lipinski definition) is 1. The van der Waals surface area contributed by atoms with E-state index in [1.807, 2.05) is 18.4 Å². The van der Waals surface area contributed by atoms with Crippen LogP contribution >= 0.6 is 0 Å². The molecule has 3 rings (SSSR count). The molecule has 7 heteroatoms. The van der Waals surface area contributed by atoms with E-state index in [0.717, 1.165) is 25.1 Å². The standard InChI is InChI=1S/C15H23N5O2/c1-4-9(2)20-13-11(14(21)18(3)15(20)22)19(8-7-16)12(17-13)10-5-6-10/h9-10H,4-8,16H2,1-3H3. The van der Waals surface area contributed by atoms with Crippen LogP contribution in [0.5, 0.6) is 0 Å². The van der Waals surface area contributed by atoms with Gasteiger partial charge in [0.2, 0.25) is 0 Å². The van der Waals surface area contributed by atoms with Crippen LogP contribution in [0.25, 0.3) is 11.2 Å². The van der Waals surface area contributed by atoms with Gasteiger partial charge in [0.15, 0.2) is 11.2 Å². The van der Waals surface area contributed by atoms with Crippen molar-refractivity contribution in [2.45, 2.75) is 51.6 Å². The van der Waals surface area contributed by atoms with Gasteiger partial charge in [-0.2, -0.15) is 0 Å². The average molecular weight is 305 g/mol. The van der Waals surface area contributed by atoms with Crippen molar-refractivity contribution in [3.8, 4) is 0 Å². The Morgan fingerprint density at radius 2 is 2.05 bits per heavy atom. The molecule has 2 aromatic rings. The minimum absolute atomic E-state index is 0.00456. The largest absolute Gasteiger partial charge is 0.332 e. The molecule has 1 saturated carbocycles. The lowest BCUT2D eigenvalue weighted by atomic mass is 10.2. The van der Waals surface area contributed by atoms with Gasteiger partial charge in [-0.05, 0) is 26.2 Å². The van der Waals surface area contributed by atoms with Crippen LogP contribution in [-0.2, 0) is 13.6 Å². The van der Waals surface area contributed by atoms with Gasteiger partial charge in [-0.3, -0.25) is 13.9 Å². The second-order valence-electron chi connectivity index (χ2n) is 6.13. The lowest BCUT2D eigenvalue weighted by Gasteiger charge is -2.15. The lowest BCUT2D eigenvalue weighted by Crippen LogP contribution is -2.40. The van der Waals surface area contributed by atoms with Crippen LogP contribution in [0, 0.1) is 0 Å². The predicted molar refractivity (Wildman–Crippen MR) is 85.3 cm³/mol. The van der Waals surface area contributed by atoms with Crippen molar-refractivity contribution in [2.24, 2.45) is 12.8 Å². The molecule has 2 heterocycles. The van der Waals surface area contributed by atoms with Gasteiger partial charge in [0.05, 0.1) is 0 Å². The second-order valence-corrected chi connectivity index (χ2v) is 6.13. The van der Waals surface area contributed by atoms with E-state index in [4.69, 9.17) is 5.73 Å². The van der Waals surface area contributed by atoms with E-state index in [9.17, 15) is 9.59 Å². The van der Waals surface area contributed by atoms with Crippen LogP contribution in [0.4, 0.5) is 0 Å². The van der Waals surface area contributed by atoms with E-state index in [-0.39, 0.29) is 17.3 Å². The lowest BCUT2D eigenvalue weighted by molar-refractivity contribution is 0.499. The van der Waals surface area contributed by atoms with E-state index in [1.165, 1.54) is 11.6 Å². The average Bonchev–Trinajstić information content (AvgIpc) is 3.28. The Bertz CT molecular complexity index is 825. The number of nitrogens with two attached hydrogens (primary N) is 1. The van der Waals surface area contributed by atoms with Gasteiger partial charge >= 0.3 is 5.69 Å². The summed E-state index contributed by atoms with van der Waals surface area (Å²) in [5.41, 5.74) is 6.15. The Kier molecular flexibility index (Phi) is 3.68. The third-order valence-corrected chi connectivity index (χ3v) is 4.53. The molecule has 0 saturated heterocycles. The van der Waals surface area contributed by atoms with Gasteiger partial charge in [-0.25, -0.2) is 9.78 Å². The van der Waals surface area contributed by atoms with Crippen LogP contribution < -0.4 is 17.0 Å². The van der Waals surface area contributed by atoms with E-state index < -0.39 is 0 Å². The molecule has 7 nitrogen and oxygen atoms in total. The number of hydrogen-bond acceptors (Lipinski definition) is 4. The third-order valence-electron chi connectivity index (χ3n) is 4.53. The molecule has 0 spiro atoms. The zero-order valence-electron chi connectivity index (χ0n) is 13.4. The Balaban J connectivity index is 2.43. The molecular formula is C15H23N5O2. The van der Waals surface area contributed by atoms with Crippen LogP contribution in [0.15, 0.2) is 9.59 Å².